The van der Waals surface area contributed by atoms with E-state index in [1.807, 2.05) is 0 Å². The van der Waals surface area contributed by atoms with Gasteiger partial charge in [0.1, 0.15) is 0 Å². The van der Waals surface area contributed by atoms with Crippen molar-refractivity contribution in [1.82, 2.24) is 0 Å². The van der Waals surface area contributed by atoms with E-state index in [9.17, 15) is 0 Å². The Hall–Kier alpha value is -1.30. The van der Waals surface area contributed by atoms with E-state index in [1.165, 1.54) is 68.6 Å². The molecule has 0 nitrogen and oxygen atoms in total. The molecule has 2 aliphatic carbocycles. The third-order valence-corrected chi connectivity index (χ3v) is 6.93. The zero-order valence-electron chi connectivity index (χ0n) is 15.2. The quantitative estimate of drug-likeness (QED) is 0.553. The molecule has 0 bridgehead atoms. The molecule has 4 atom stereocenters. The third kappa shape index (κ3) is 3.39. The molecule has 128 valence electrons. The number of hydrogen-bond donors (Lipinski definition) is 0. The van der Waals surface area contributed by atoms with Crippen LogP contribution in [0.4, 0.5) is 0 Å². The highest BCUT2D eigenvalue weighted by molar-refractivity contribution is 5.83. The van der Waals surface area contributed by atoms with E-state index in [2.05, 4.69) is 49.4 Å². The maximum atomic E-state index is 2.47. The van der Waals surface area contributed by atoms with Gasteiger partial charge >= 0.3 is 0 Å². The van der Waals surface area contributed by atoms with Crippen LogP contribution in [-0.2, 0) is 0 Å². The summed E-state index contributed by atoms with van der Waals surface area (Å²) in [6.07, 6.45) is 13.2. The molecule has 0 aliphatic heterocycles. The fourth-order valence-electron chi connectivity index (χ4n) is 5.51. The van der Waals surface area contributed by atoms with Gasteiger partial charge in [0.2, 0.25) is 0 Å². The van der Waals surface area contributed by atoms with Gasteiger partial charge in [0, 0.05) is 0 Å². The minimum atomic E-state index is 0.808. The summed E-state index contributed by atoms with van der Waals surface area (Å²) >= 11 is 0. The molecule has 0 saturated heterocycles. The molecule has 0 N–H and O–H groups in total. The first-order valence-corrected chi connectivity index (χ1v) is 10.3. The second kappa shape index (κ2) is 7.30. The van der Waals surface area contributed by atoms with Gasteiger partial charge in [0.25, 0.3) is 0 Å². The molecule has 4 rings (SSSR count). The van der Waals surface area contributed by atoms with Crippen LogP contribution in [0.5, 0.6) is 0 Å². The first-order valence-electron chi connectivity index (χ1n) is 10.3. The van der Waals surface area contributed by atoms with Crippen molar-refractivity contribution >= 4 is 10.8 Å². The van der Waals surface area contributed by atoms with Gasteiger partial charge in [-0.25, -0.2) is 0 Å². The van der Waals surface area contributed by atoms with Crippen molar-refractivity contribution in [1.29, 1.82) is 0 Å². The van der Waals surface area contributed by atoms with Crippen LogP contribution in [0.2, 0.25) is 0 Å². The first kappa shape index (κ1) is 16.2. The molecule has 2 fully saturated rings. The highest BCUT2D eigenvalue weighted by atomic mass is 14.4. The number of unbranched alkanes of at least 4 members (excludes halogenated alkanes) is 1. The van der Waals surface area contributed by atoms with Gasteiger partial charge in [0.15, 0.2) is 0 Å². The molecule has 2 aliphatic rings. The minimum absolute atomic E-state index is 0.808. The molecule has 0 amide bonds. The van der Waals surface area contributed by atoms with Crippen molar-refractivity contribution in [2.24, 2.45) is 17.8 Å². The normalized spacial score (nSPS) is 30.2. The van der Waals surface area contributed by atoms with E-state index in [0.717, 1.165) is 23.7 Å². The number of benzene rings is 2. The average molecular weight is 321 g/mol. The largest absolute Gasteiger partial charge is 0.0654 e. The summed E-state index contributed by atoms with van der Waals surface area (Å²) in [5.41, 5.74) is 1.60. The average Bonchev–Trinajstić information content (AvgIpc) is 2.65. The molecule has 2 aromatic carbocycles. The predicted octanol–water partition coefficient (Wildman–Crippen LogP) is 7.33. The van der Waals surface area contributed by atoms with Crippen molar-refractivity contribution in [3.63, 3.8) is 0 Å². The van der Waals surface area contributed by atoms with E-state index in [-0.39, 0.29) is 0 Å². The summed E-state index contributed by atoms with van der Waals surface area (Å²) in [6, 6.07) is 16.0. The van der Waals surface area contributed by atoms with Crippen LogP contribution in [0, 0.1) is 17.8 Å². The molecule has 0 heterocycles. The molecule has 0 heteroatoms. The molecular weight excluding hydrogens is 288 g/mol. The Bertz CT molecular complexity index is 671. The van der Waals surface area contributed by atoms with Crippen LogP contribution in [-0.4, -0.2) is 0 Å². The molecule has 0 radical (unpaired) electrons. The van der Waals surface area contributed by atoms with Crippen LogP contribution in [0.25, 0.3) is 10.8 Å². The summed E-state index contributed by atoms with van der Waals surface area (Å²) < 4.78 is 0. The summed E-state index contributed by atoms with van der Waals surface area (Å²) in [5, 5.41) is 2.80. The lowest BCUT2D eigenvalue weighted by Crippen LogP contribution is -2.30. The van der Waals surface area contributed by atoms with Crippen LogP contribution < -0.4 is 0 Å². The van der Waals surface area contributed by atoms with E-state index in [4.69, 9.17) is 0 Å². The lowest BCUT2D eigenvalue weighted by atomic mass is 9.63. The van der Waals surface area contributed by atoms with Crippen molar-refractivity contribution < 1.29 is 0 Å². The predicted molar refractivity (Wildman–Crippen MR) is 104 cm³/mol. The Morgan fingerprint density at radius 2 is 1.62 bits per heavy atom. The van der Waals surface area contributed by atoms with E-state index < -0.39 is 0 Å². The Kier molecular flexibility index (Phi) is 4.92. The van der Waals surface area contributed by atoms with Crippen molar-refractivity contribution in [3.05, 3.63) is 48.0 Å². The molecule has 2 saturated carbocycles. The Morgan fingerprint density at radius 3 is 2.50 bits per heavy atom. The molecule has 2 aromatic rings. The third-order valence-electron chi connectivity index (χ3n) is 6.93. The lowest BCUT2D eigenvalue weighted by Gasteiger charge is -2.42. The number of rotatable bonds is 4. The standard InChI is InChI=1S/C24H32/c1-2-3-6-18-9-10-22-17-24(14-13-21(22)15-18)23-12-11-19-7-4-5-8-20(19)16-23/h4-5,7-8,11-12,16,18,21-22,24H,2-3,6,9-10,13-15,17H2,1H3. The Labute approximate surface area is 147 Å². The fourth-order valence-corrected chi connectivity index (χ4v) is 5.51. The fraction of sp³-hybridized carbons (Fsp3) is 0.583. The van der Waals surface area contributed by atoms with E-state index >= 15 is 0 Å². The summed E-state index contributed by atoms with van der Waals surface area (Å²) in [6.45, 7) is 2.33. The van der Waals surface area contributed by atoms with Gasteiger partial charge in [-0.1, -0.05) is 75.1 Å². The maximum absolute atomic E-state index is 2.47. The summed E-state index contributed by atoms with van der Waals surface area (Å²) in [5.74, 6) is 3.90. The van der Waals surface area contributed by atoms with Gasteiger partial charge < -0.3 is 0 Å². The van der Waals surface area contributed by atoms with Crippen molar-refractivity contribution in [2.45, 2.75) is 70.6 Å². The molecule has 4 unspecified atom stereocenters. The van der Waals surface area contributed by atoms with E-state index in [0.29, 0.717) is 0 Å². The summed E-state index contributed by atoms with van der Waals surface area (Å²) in [4.78, 5) is 0. The van der Waals surface area contributed by atoms with Gasteiger partial charge in [-0.05, 0) is 72.1 Å². The highest BCUT2D eigenvalue weighted by Crippen LogP contribution is 2.48. The molecule has 0 spiro atoms. The zero-order chi connectivity index (χ0) is 16.4. The Morgan fingerprint density at radius 1 is 0.833 bits per heavy atom. The van der Waals surface area contributed by atoms with Crippen molar-refractivity contribution in [2.75, 3.05) is 0 Å². The summed E-state index contributed by atoms with van der Waals surface area (Å²) in [7, 11) is 0. The second-order valence-electron chi connectivity index (χ2n) is 8.46. The van der Waals surface area contributed by atoms with Crippen LogP contribution >= 0.6 is 0 Å². The smallest absolute Gasteiger partial charge is 0.0159 e. The highest BCUT2D eigenvalue weighted by Gasteiger charge is 2.35. The topological polar surface area (TPSA) is 0 Å². The number of fused-ring (bicyclic) bond motifs is 2. The van der Waals surface area contributed by atoms with Gasteiger partial charge in [-0.15, -0.1) is 0 Å². The van der Waals surface area contributed by atoms with Crippen LogP contribution in [0.1, 0.15) is 76.2 Å². The molecule has 24 heavy (non-hydrogen) atoms. The first-order chi connectivity index (χ1) is 11.8. The molecular formula is C24H32. The van der Waals surface area contributed by atoms with E-state index in [1.54, 1.807) is 5.56 Å². The van der Waals surface area contributed by atoms with Gasteiger partial charge in [-0.3, -0.25) is 0 Å². The zero-order valence-corrected chi connectivity index (χ0v) is 15.2. The SMILES string of the molecule is CCCCC1CCC2CC(c3ccc4ccccc4c3)CCC2C1. The minimum Gasteiger partial charge on any atom is -0.0654 e. The molecule has 0 aromatic heterocycles. The van der Waals surface area contributed by atoms with Crippen LogP contribution in [0.15, 0.2) is 42.5 Å². The monoisotopic (exact) mass is 320 g/mol. The number of hydrogen-bond acceptors (Lipinski definition) is 0. The van der Waals surface area contributed by atoms with Gasteiger partial charge in [-0.2, -0.15) is 0 Å². The second-order valence-corrected chi connectivity index (χ2v) is 8.46. The van der Waals surface area contributed by atoms with Gasteiger partial charge in [0.05, 0.1) is 0 Å². The van der Waals surface area contributed by atoms with Crippen LogP contribution in [0.3, 0.4) is 0 Å². The Balaban J connectivity index is 1.42. The lowest BCUT2D eigenvalue weighted by molar-refractivity contribution is 0.113. The maximum Gasteiger partial charge on any atom is -0.0159 e. The van der Waals surface area contributed by atoms with Crippen molar-refractivity contribution in [3.8, 4) is 0 Å².